The zero-order valence-corrected chi connectivity index (χ0v) is 12.9. The van der Waals surface area contributed by atoms with Crippen LogP contribution in [-0.4, -0.2) is 75.6 Å². The Morgan fingerprint density at radius 1 is 0.731 bits per heavy atom. The van der Waals surface area contributed by atoms with Gasteiger partial charge in [0.1, 0.15) is 14.2 Å². The molecule has 4 rings (SSSR count). The predicted octanol–water partition coefficient (Wildman–Crippen LogP) is -1.71. The van der Waals surface area contributed by atoms with Crippen LogP contribution >= 0.6 is 0 Å². The topological polar surface area (TPSA) is 208 Å². The summed E-state index contributed by atoms with van der Waals surface area (Å²) in [7, 11) is 2.73. The molecule has 0 aliphatic rings. The largest absolute Gasteiger partial charge is 0.397 e. The first-order valence-electron chi connectivity index (χ1n) is 6.55. The number of rotatable bonds is 6. The molecule has 4 aromatic rings. The third kappa shape index (κ3) is 2.46. The van der Waals surface area contributed by atoms with Gasteiger partial charge in [0.15, 0.2) is 0 Å². The van der Waals surface area contributed by atoms with Gasteiger partial charge in [-0.1, -0.05) is 9.69 Å². The van der Waals surface area contributed by atoms with E-state index >= 15 is 0 Å². The number of aromatic nitrogens is 12. The third-order valence-corrected chi connectivity index (χ3v) is 2.84. The number of tetrazole rings is 2. The second kappa shape index (κ2) is 6.26. The lowest BCUT2D eigenvalue weighted by Crippen LogP contribution is -2.09. The van der Waals surface area contributed by atoms with E-state index in [-0.39, 0.29) is 34.7 Å². The van der Waals surface area contributed by atoms with Crippen molar-refractivity contribution in [1.29, 1.82) is 0 Å². The Kier molecular flexibility index (Phi) is 3.65. The van der Waals surface area contributed by atoms with Crippen LogP contribution in [0.2, 0.25) is 0 Å². The molecule has 0 radical (unpaired) electrons. The molecule has 0 saturated carbocycles. The van der Waals surface area contributed by atoms with Crippen LogP contribution in [0.5, 0.6) is 0 Å². The molecule has 0 fully saturated rings. The molecule has 0 atom stereocenters. The van der Waals surface area contributed by atoms with Crippen LogP contribution in [0.3, 0.4) is 0 Å². The Hall–Kier alpha value is -4.38. The molecule has 0 bridgehead atoms. The summed E-state index contributed by atoms with van der Waals surface area (Å²) < 4.78 is 9.29. The van der Waals surface area contributed by atoms with Crippen LogP contribution in [-0.2, 0) is 0 Å². The molecule has 0 unspecified atom stereocenters. The van der Waals surface area contributed by atoms with Crippen LogP contribution in [0.1, 0.15) is 0 Å². The van der Waals surface area contributed by atoms with E-state index in [2.05, 4.69) is 71.2 Å². The van der Waals surface area contributed by atoms with E-state index in [9.17, 15) is 0 Å². The molecule has 0 N–H and O–H groups in total. The highest BCUT2D eigenvalue weighted by Crippen LogP contribution is 2.28. The highest BCUT2D eigenvalue weighted by Gasteiger charge is 2.23. The summed E-state index contributed by atoms with van der Waals surface area (Å²) in [6, 6.07) is 0. The molecule has 26 heavy (non-hydrogen) atoms. The van der Waals surface area contributed by atoms with Gasteiger partial charge in [0.2, 0.25) is 34.7 Å². The second-order valence-electron chi connectivity index (χ2n) is 4.19. The maximum Gasteiger partial charge on any atom is 0.249 e. The van der Waals surface area contributed by atoms with Gasteiger partial charge in [0, 0.05) is 0 Å². The molecule has 0 amide bonds. The highest BCUT2D eigenvalue weighted by atomic mass is 16.7. The van der Waals surface area contributed by atoms with E-state index in [4.69, 9.17) is 9.68 Å². The van der Waals surface area contributed by atoms with Crippen molar-refractivity contribution in [3.05, 3.63) is 0 Å². The highest BCUT2D eigenvalue weighted by molar-refractivity contribution is 5.63. The number of nitrogens with zero attached hydrogens (tertiary/aromatic N) is 14. The lowest BCUT2D eigenvalue weighted by Gasteiger charge is -1.97. The molecule has 0 spiro atoms. The van der Waals surface area contributed by atoms with Crippen molar-refractivity contribution in [3.63, 3.8) is 0 Å². The first-order chi connectivity index (χ1) is 12.8. The van der Waals surface area contributed by atoms with Gasteiger partial charge in [0.05, 0.1) is 0 Å². The average molecular weight is 362 g/mol. The second-order valence-corrected chi connectivity index (χ2v) is 4.19. The van der Waals surface area contributed by atoms with Gasteiger partial charge < -0.3 is 9.68 Å². The Morgan fingerprint density at radius 3 is 1.62 bits per heavy atom. The quantitative estimate of drug-likeness (QED) is 0.350. The lowest BCUT2D eigenvalue weighted by atomic mass is 10.4. The van der Waals surface area contributed by atoms with Crippen LogP contribution in [0.15, 0.2) is 19.5 Å². The van der Waals surface area contributed by atoms with Gasteiger partial charge in [-0.15, -0.1) is 20.4 Å². The maximum atomic E-state index is 4.93. The molecule has 18 nitrogen and oxygen atoms in total. The molecule has 132 valence electrons. The van der Waals surface area contributed by atoms with E-state index in [1.807, 2.05) is 0 Å². The SMILES string of the molecule is COn1nnnc1-c1nonc1N=Nc1nonc1-c1nnnn1OC. The third-order valence-electron chi connectivity index (χ3n) is 2.84. The van der Waals surface area contributed by atoms with Gasteiger partial charge in [0.25, 0.3) is 0 Å². The van der Waals surface area contributed by atoms with E-state index in [1.165, 1.54) is 14.2 Å². The van der Waals surface area contributed by atoms with E-state index < -0.39 is 0 Å². The normalized spacial score (nSPS) is 11.3. The first-order valence-corrected chi connectivity index (χ1v) is 6.55. The standard InChI is InChI=1S/C8H6N14O4/c1-23-21-7(11-17-19-21)3-5(15-25-13-3)9-10-6-4(14-26-16-6)8-12-18-20-22(8)24-2/h1-2H3. The molecule has 0 aromatic carbocycles. The minimum Gasteiger partial charge on any atom is -0.397 e. The molecule has 18 heteroatoms. The fourth-order valence-electron chi connectivity index (χ4n) is 1.76. The smallest absolute Gasteiger partial charge is 0.249 e. The first kappa shape index (κ1) is 15.2. The van der Waals surface area contributed by atoms with Crippen molar-refractivity contribution >= 4 is 11.6 Å². The van der Waals surface area contributed by atoms with Crippen molar-refractivity contribution < 1.29 is 18.9 Å². The summed E-state index contributed by atoms with van der Waals surface area (Å²) in [6.07, 6.45) is 0. The molecule has 4 aromatic heterocycles. The Balaban J connectivity index is 1.68. The maximum absolute atomic E-state index is 4.93. The van der Waals surface area contributed by atoms with E-state index in [1.54, 1.807) is 0 Å². The van der Waals surface area contributed by atoms with Crippen molar-refractivity contribution in [2.45, 2.75) is 0 Å². The van der Waals surface area contributed by atoms with Crippen LogP contribution in [0, 0.1) is 0 Å². The number of hydrogen-bond donors (Lipinski definition) is 0. The minimum absolute atomic E-state index is 0.0432. The van der Waals surface area contributed by atoms with Crippen LogP contribution < -0.4 is 9.68 Å². The number of hydrogen-bond acceptors (Lipinski definition) is 16. The zero-order chi connectivity index (χ0) is 17.9. The van der Waals surface area contributed by atoms with E-state index in [0.29, 0.717) is 0 Å². The van der Waals surface area contributed by atoms with Crippen molar-refractivity contribution in [2.24, 2.45) is 10.2 Å². The Labute approximate surface area is 140 Å². The predicted molar refractivity (Wildman–Crippen MR) is 71.4 cm³/mol. The van der Waals surface area contributed by atoms with Crippen molar-refractivity contribution in [2.75, 3.05) is 14.2 Å². The molecule has 0 saturated heterocycles. The summed E-state index contributed by atoms with van der Waals surface area (Å²) in [5.41, 5.74) is 0.167. The summed E-state index contributed by atoms with van der Waals surface area (Å²) >= 11 is 0. The fraction of sp³-hybridized carbons (Fsp3) is 0.250. The van der Waals surface area contributed by atoms with Gasteiger partial charge in [-0.05, 0) is 41.5 Å². The monoisotopic (exact) mass is 362 g/mol. The molecule has 4 heterocycles. The Morgan fingerprint density at radius 2 is 1.19 bits per heavy atom. The van der Waals surface area contributed by atoms with Crippen LogP contribution in [0.4, 0.5) is 11.6 Å². The van der Waals surface area contributed by atoms with Gasteiger partial charge in [-0.2, -0.15) is 0 Å². The fourth-order valence-corrected chi connectivity index (χ4v) is 1.76. The number of azo groups is 1. The van der Waals surface area contributed by atoms with Crippen LogP contribution in [0.25, 0.3) is 23.0 Å². The minimum atomic E-state index is -0.0432. The molecule has 0 aliphatic heterocycles. The summed E-state index contributed by atoms with van der Waals surface area (Å²) in [5.74, 6) is 0.117. The van der Waals surface area contributed by atoms with Crippen molar-refractivity contribution in [1.82, 2.24) is 61.4 Å². The van der Waals surface area contributed by atoms with Gasteiger partial charge >= 0.3 is 0 Å². The summed E-state index contributed by atoms with van der Waals surface area (Å²) in [6.45, 7) is 0. The Bertz CT molecular complexity index is 960. The average Bonchev–Trinajstić information content (AvgIpc) is 3.45. The van der Waals surface area contributed by atoms with E-state index in [0.717, 1.165) is 9.69 Å². The summed E-state index contributed by atoms with van der Waals surface area (Å²) in [5, 5.41) is 43.9. The molecular formula is C8H6N14O4. The lowest BCUT2D eigenvalue weighted by molar-refractivity contribution is 0.132. The molecule has 0 aliphatic carbocycles. The zero-order valence-electron chi connectivity index (χ0n) is 12.9. The van der Waals surface area contributed by atoms with Gasteiger partial charge in [-0.25, -0.2) is 9.26 Å². The van der Waals surface area contributed by atoms with Crippen molar-refractivity contribution in [3.8, 4) is 23.0 Å². The summed E-state index contributed by atoms with van der Waals surface area (Å²) in [4.78, 5) is 11.9. The molecular weight excluding hydrogens is 356 g/mol. The van der Waals surface area contributed by atoms with Gasteiger partial charge in [-0.3, -0.25) is 0 Å².